The maximum atomic E-state index is 11.7. The highest BCUT2D eigenvalue weighted by Gasteiger charge is 2.08. The van der Waals surface area contributed by atoms with Crippen LogP contribution in [0.1, 0.15) is 49.9 Å². The van der Waals surface area contributed by atoms with Gasteiger partial charge in [0.25, 0.3) is 0 Å². The number of rotatable bonds is 12. The Hall–Kier alpha value is -8.58. The Morgan fingerprint density at radius 1 is 0.311 bits per heavy atom. The predicted molar refractivity (Wildman–Crippen MR) is 298 cm³/mol. The molecule has 0 bridgehead atoms. The fourth-order valence-corrected chi connectivity index (χ4v) is 6.58. The smallest absolute Gasteiger partial charge is 0.410 e. The van der Waals surface area contributed by atoms with Gasteiger partial charge in [0.15, 0.2) is 0 Å². The molecule has 12 nitrogen and oxygen atoms in total. The van der Waals surface area contributed by atoms with Crippen LogP contribution in [0.3, 0.4) is 0 Å². The van der Waals surface area contributed by atoms with E-state index in [1.54, 1.807) is 72.8 Å². The number of para-hydroxylation sites is 2. The van der Waals surface area contributed by atoms with Crippen LogP contribution in [0.4, 0.5) is 41.9 Å². The maximum absolute atomic E-state index is 11.7. The molecule has 8 aromatic carbocycles. The van der Waals surface area contributed by atoms with E-state index >= 15 is 0 Å². The van der Waals surface area contributed by atoms with E-state index in [9.17, 15) is 19.2 Å². The molecule has 8 aromatic rings. The molecule has 74 heavy (non-hydrogen) atoms. The van der Waals surface area contributed by atoms with E-state index in [4.69, 9.17) is 42.1 Å². The number of benzene rings is 8. The lowest BCUT2D eigenvalue weighted by atomic mass is 10.1. The Labute approximate surface area is 442 Å². The van der Waals surface area contributed by atoms with Gasteiger partial charge in [-0.25, -0.2) is 19.2 Å². The van der Waals surface area contributed by atoms with Crippen LogP contribution in [0.25, 0.3) is 0 Å². The van der Waals surface area contributed by atoms with Crippen molar-refractivity contribution in [2.24, 2.45) is 0 Å². The summed E-state index contributed by atoms with van der Waals surface area (Å²) < 4.78 is 20.5. The number of anilines is 4. The molecule has 0 aliphatic rings. The lowest BCUT2D eigenvalue weighted by molar-refractivity contribution is 0.214. The summed E-state index contributed by atoms with van der Waals surface area (Å²) in [7, 11) is 0. The second-order valence-corrected chi connectivity index (χ2v) is 16.7. The SMILES string of the molecule is CCc1ccc(NC(=O)Oc2ccc(Cl)cc2)cc1.CCc1ccc(NC(=O)Oc2ccccc2)cc1.CCc1ccc(NC(=O)Oc2ccccc2)cc1.CCc1cccc(NC(=O)Oc2ccc(Cl)cc2)c1. The molecule has 0 atom stereocenters. The number of amides is 4. The molecule has 8 rings (SSSR count). The molecular formula is C60H58Cl2N4O8. The van der Waals surface area contributed by atoms with E-state index in [1.807, 2.05) is 133 Å². The molecule has 14 heteroatoms. The van der Waals surface area contributed by atoms with Crippen LogP contribution < -0.4 is 40.2 Å². The van der Waals surface area contributed by atoms with Crippen LogP contribution in [0.5, 0.6) is 23.0 Å². The molecule has 0 saturated carbocycles. The number of nitrogens with one attached hydrogen (secondary N) is 4. The molecule has 0 fully saturated rings. The number of halogens is 2. The summed E-state index contributed by atoms with van der Waals surface area (Å²) in [6.45, 7) is 8.32. The first-order valence-corrected chi connectivity index (χ1v) is 24.6. The summed E-state index contributed by atoms with van der Waals surface area (Å²) in [5.41, 5.74) is 7.73. The Balaban J connectivity index is 0.000000183. The lowest BCUT2D eigenvalue weighted by Gasteiger charge is -2.07. The fraction of sp³-hybridized carbons (Fsp3) is 0.133. The largest absolute Gasteiger partial charge is 0.417 e. The molecule has 0 saturated heterocycles. The van der Waals surface area contributed by atoms with E-state index in [1.165, 1.54) is 16.7 Å². The number of aryl methyl sites for hydroxylation is 4. The number of carbonyl (C=O) groups excluding carboxylic acids is 4. The first kappa shape index (κ1) is 56.3. The van der Waals surface area contributed by atoms with Gasteiger partial charge in [0, 0.05) is 32.8 Å². The van der Waals surface area contributed by atoms with Gasteiger partial charge < -0.3 is 18.9 Å². The quantitative estimate of drug-likeness (QED) is 0.0943. The predicted octanol–water partition coefficient (Wildman–Crippen LogP) is 16.7. The molecule has 4 N–H and O–H groups in total. The normalized spacial score (nSPS) is 9.92. The first-order chi connectivity index (χ1) is 35.9. The standard InChI is InChI=1S/2C15H14ClNO2.2C15H15NO2/c1-2-11-3-7-13(8-4-11)17-15(18)19-14-9-5-12(16)6-10-14;1-2-11-4-3-5-13(10-11)17-15(18)19-14-8-6-12(16)7-9-14;2*1-2-12-8-10-13(11-9-12)16-15(17)18-14-6-4-3-5-7-14/h2*3-10H,2H2,1H3,(H,17,18);2*3-11H,2H2,1H3,(H,16,17). The molecule has 0 unspecified atom stereocenters. The molecule has 0 radical (unpaired) electrons. The van der Waals surface area contributed by atoms with Crippen molar-refractivity contribution in [1.82, 2.24) is 0 Å². The van der Waals surface area contributed by atoms with Gasteiger partial charge in [-0.15, -0.1) is 0 Å². The van der Waals surface area contributed by atoms with Crippen molar-refractivity contribution < 1.29 is 38.1 Å². The van der Waals surface area contributed by atoms with Gasteiger partial charge in [-0.05, 0) is 169 Å². The maximum Gasteiger partial charge on any atom is 0.417 e. The lowest BCUT2D eigenvalue weighted by Crippen LogP contribution is -2.16. The number of hydrogen-bond acceptors (Lipinski definition) is 8. The zero-order valence-corrected chi connectivity index (χ0v) is 43.0. The van der Waals surface area contributed by atoms with E-state index in [-0.39, 0.29) is 0 Å². The van der Waals surface area contributed by atoms with Gasteiger partial charge in [0.1, 0.15) is 23.0 Å². The fourth-order valence-electron chi connectivity index (χ4n) is 6.32. The molecule has 0 spiro atoms. The average molecular weight is 1030 g/mol. The second-order valence-electron chi connectivity index (χ2n) is 15.8. The molecule has 4 amide bonds. The van der Waals surface area contributed by atoms with Gasteiger partial charge in [-0.2, -0.15) is 0 Å². The van der Waals surface area contributed by atoms with E-state index in [2.05, 4.69) is 49.0 Å². The first-order valence-electron chi connectivity index (χ1n) is 23.8. The molecule has 0 aliphatic heterocycles. The van der Waals surface area contributed by atoms with Crippen LogP contribution in [-0.2, 0) is 25.7 Å². The van der Waals surface area contributed by atoms with Gasteiger partial charge in [-0.1, -0.05) is 136 Å². The van der Waals surface area contributed by atoms with Crippen LogP contribution in [-0.4, -0.2) is 24.4 Å². The third kappa shape index (κ3) is 21.4. The molecule has 0 aromatic heterocycles. The molecule has 0 heterocycles. The third-order valence-corrected chi connectivity index (χ3v) is 10.9. The summed E-state index contributed by atoms with van der Waals surface area (Å²) >= 11 is 11.5. The zero-order valence-electron chi connectivity index (χ0n) is 41.5. The third-order valence-electron chi connectivity index (χ3n) is 10.4. The van der Waals surface area contributed by atoms with Crippen LogP contribution in [0.15, 0.2) is 206 Å². The highest BCUT2D eigenvalue weighted by atomic mass is 35.5. The van der Waals surface area contributed by atoms with Crippen LogP contribution >= 0.6 is 23.2 Å². The average Bonchev–Trinajstić information content (AvgIpc) is 3.41. The number of ether oxygens (including phenoxy) is 4. The molecule has 0 aliphatic carbocycles. The molecule has 380 valence electrons. The zero-order chi connectivity index (χ0) is 52.9. The Morgan fingerprint density at radius 2 is 0.595 bits per heavy atom. The monoisotopic (exact) mass is 1030 g/mol. The minimum atomic E-state index is -0.522. The summed E-state index contributed by atoms with van der Waals surface area (Å²) in [6.07, 6.45) is 1.85. The van der Waals surface area contributed by atoms with Crippen LogP contribution in [0.2, 0.25) is 10.0 Å². The van der Waals surface area contributed by atoms with Crippen molar-refractivity contribution in [2.45, 2.75) is 53.4 Å². The summed E-state index contributed by atoms with van der Waals surface area (Å²) in [5, 5.41) is 11.9. The molecular weight excluding hydrogens is 976 g/mol. The Kier molecular flexibility index (Phi) is 23.6. The van der Waals surface area contributed by atoms with Crippen molar-refractivity contribution in [3.05, 3.63) is 239 Å². The van der Waals surface area contributed by atoms with Crippen molar-refractivity contribution in [2.75, 3.05) is 21.3 Å². The summed E-state index contributed by atoms with van der Waals surface area (Å²) in [5.74, 6) is 1.96. The van der Waals surface area contributed by atoms with Gasteiger partial charge in [0.2, 0.25) is 0 Å². The topological polar surface area (TPSA) is 153 Å². The minimum absolute atomic E-state index is 0.451. The van der Waals surface area contributed by atoms with Gasteiger partial charge >= 0.3 is 24.4 Å². The second kappa shape index (κ2) is 31.0. The van der Waals surface area contributed by atoms with E-state index in [0.29, 0.717) is 38.7 Å². The number of hydrogen-bond donors (Lipinski definition) is 4. The summed E-state index contributed by atoms with van der Waals surface area (Å²) in [4.78, 5) is 46.6. The Morgan fingerprint density at radius 3 is 0.892 bits per heavy atom. The van der Waals surface area contributed by atoms with Crippen molar-refractivity contribution in [3.63, 3.8) is 0 Å². The number of carbonyl (C=O) groups is 4. The highest BCUT2D eigenvalue weighted by Crippen LogP contribution is 2.20. The van der Waals surface area contributed by atoms with E-state index in [0.717, 1.165) is 48.3 Å². The van der Waals surface area contributed by atoms with Crippen molar-refractivity contribution >= 4 is 70.3 Å². The van der Waals surface area contributed by atoms with Crippen molar-refractivity contribution in [3.8, 4) is 23.0 Å². The highest BCUT2D eigenvalue weighted by molar-refractivity contribution is 6.30. The van der Waals surface area contributed by atoms with Gasteiger partial charge in [0.05, 0.1) is 0 Å². The Bertz CT molecular complexity index is 2850. The minimum Gasteiger partial charge on any atom is -0.410 e. The summed E-state index contributed by atoms with van der Waals surface area (Å²) in [6, 6.07) is 61.9. The van der Waals surface area contributed by atoms with Crippen molar-refractivity contribution in [1.29, 1.82) is 0 Å². The van der Waals surface area contributed by atoms with Gasteiger partial charge in [-0.3, -0.25) is 21.3 Å². The van der Waals surface area contributed by atoms with Crippen LogP contribution in [0, 0.1) is 0 Å². The van der Waals surface area contributed by atoms with E-state index < -0.39 is 24.4 Å².